The summed E-state index contributed by atoms with van der Waals surface area (Å²) in [5.74, 6) is 0.296. The number of halogens is 1. The van der Waals surface area contributed by atoms with Gasteiger partial charge >= 0.3 is 0 Å². The lowest BCUT2D eigenvalue weighted by molar-refractivity contribution is 0.619. The van der Waals surface area contributed by atoms with E-state index in [2.05, 4.69) is 9.97 Å². The second-order valence-electron chi connectivity index (χ2n) is 5.98. The van der Waals surface area contributed by atoms with Crippen molar-refractivity contribution < 1.29 is 4.39 Å². The summed E-state index contributed by atoms with van der Waals surface area (Å²) >= 11 is 0. The fraction of sp³-hybridized carbons (Fsp3) is 0.0476. The number of para-hydroxylation sites is 1. The molecule has 0 bridgehead atoms. The zero-order valence-electron chi connectivity index (χ0n) is 13.6. The molecular formula is C21H15FN2O. The highest BCUT2D eigenvalue weighted by atomic mass is 19.1. The lowest BCUT2D eigenvalue weighted by Crippen LogP contribution is -2.09. The summed E-state index contributed by atoms with van der Waals surface area (Å²) in [6, 6.07) is 20.0. The summed E-state index contributed by atoms with van der Waals surface area (Å²) < 4.78 is 13.5. The Morgan fingerprint density at radius 3 is 2.48 bits per heavy atom. The smallest absolute Gasteiger partial charge is 0.259 e. The quantitative estimate of drug-likeness (QED) is 0.579. The number of nitrogens with one attached hydrogen (secondary N) is 1. The van der Waals surface area contributed by atoms with Gasteiger partial charge in [-0.25, -0.2) is 9.37 Å². The van der Waals surface area contributed by atoms with Crippen LogP contribution in [0.3, 0.4) is 0 Å². The van der Waals surface area contributed by atoms with Gasteiger partial charge in [0, 0.05) is 5.56 Å². The first-order chi connectivity index (χ1) is 12.1. The molecule has 0 spiro atoms. The van der Waals surface area contributed by atoms with Gasteiger partial charge in [0.1, 0.15) is 11.6 Å². The zero-order chi connectivity index (χ0) is 17.4. The SMILES string of the molecule is Cc1cc(-c2cccc(-c3nc4ccccc4c(=O)[nH]3)c2)ccc1F. The summed E-state index contributed by atoms with van der Waals surface area (Å²) in [6.07, 6.45) is 0. The molecule has 3 aromatic carbocycles. The van der Waals surface area contributed by atoms with Gasteiger partial charge in [-0.2, -0.15) is 0 Å². The average molecular weight is 330 g/mol. The van der Waals surface area contributed by atoms with Gasteiger partial charge in [-0.15, -0.1) is 0 Å². The van der Waals surface area contributed by atoms with Crippen LogP contribution < -0.4 is 5.56 Å². The number of H-pyrrole nitrogens is 1. The number of hydrogen-bond acceptors (Lipinski definition) is 2. The molecule has 4 rings (SSSR count). The minimum atomic E-state index is -0.222. The molecular weight excluding hydrogens is 315 g/mol. The Morgan fingerprint density at radius 2 is 1.64 bits per heavy atom. The number of nitrogens with zero attached hydrogens (tertiary/aromatic N) is 1. The lowest BCUT2D eigenvalue weighted by Gasteiger charge is -2.07. The molecule has 0 unspecified atom stereocenters. The maximum atomic E-state index is 13.5. The van der Waals surface area contributed by atoms with E-state index < -0.39 is 0 Å². The molecule has 0 atom stereocenters. The summed E-state index contributed by atoms with van der Waals surface area (Å²) in [4.78, 5) is 19.7. The van der Waals surface area contributed by atoms with Crippen molar-refractivity contribution in [2.24, 2.45) is 0 Å². The third kappa shape index (κ3) is 2.83. The van der Waals surface area contributed by atoms with Crippen molar-refractivity contribution in [1.29, 1.82) is 0 Å². The molecule has 0 aliphatic rings. The first-order valence-electron chi connectivity index (χ1n) is 7.98. The average Bonchev–Trinajstić information content (AvgIpc) is 2.64. The van der Waals surface area contributed by atoms with Crippen LogP contribution in [0.2, 0.25) is 0 Å². The Bertz CT molecular complexity index is 1150. The van der Waals surface area contributed by atoms with E-state index in [4.69, 9.17) is 0 Å². The molecule has 4 heteroatoms. The fourth-order valence-electron chi connectivity index (χ4n) is 2.89. The molecule has 0 fully saturated rings. The van der Waals surface area contributed by atoms with Crippen molar-refractivity contribution in [2.45, 2.75) is 6.92 Å². The van der Waals surface area contributed by atoms with Crippen LogP contribution in [0, 0.1) is 12.7 Å². The van der Waals surface area contributed by atoms with Gasteiger partial charge in [0.15, 0.2) is 0 Å². The lowest BCUT2D eigenvalue weighted by atomic mass is 10.0. The third-order valence-corrected chi connectivity index (χ3v) is 4.24. The molecule has 25 heavy (non-hydrogen) atoms. The fourth-order valence-corrected chi connectivity index (χ4v) is 2.89. The van der Waals surface area contributed by atoms with Crippen molar-refractivity contribution in [1.82, 2.24) is 9.97 Å². The molecule has 4 aromatic rings. The van der Waals surface area contributed by atoms with E-state index >= 15 is 0 Å². The van der Waals surface area contributed by atoms with Gasteiger partial charge in [-0.3, -0.25) is 4.79 Å². The van der Waals surface area contributed by atoms with Crippen LogP contribution >= 0.6 is 0 Å². The normalized spacial score (nSPS) is 11.0. The third-order valence-electron chi connectivity index (χ3n) is 4.24. The van der Waals surface area contributed by atoms with E-state index in [1.54, 1.807) is 19.1 Å². The maximum Gasteiger partial charge on any atom is 0.259 e. The largest absolute Gasteiger partial charge is 0.306 e. The first kappa shape index (κ1) is 15.3. The number of aromatic nitrogens is 2. The van der Waals surface area contributed by atoms with Gasteiger partial charge in [-0.05, 0) is 53.9 Å². The van der Waals surface area contributed by atoms with Crippen LogP contribution in [0.4, 0.5) is 4.39 Å². The van der Waals surface area contributed by atoms with Crippen LogP contribution in [-0.4, -0.2) is 9.97 Å². The molecule has 0 aliphatic heterocycles. The first-order valence-corrected chi connectivity index (χ1v) is 7.98. The number of aryl methyl sites for hydroxylation is 1. The maximum absolute atomic E-state index is 13.5. The Balaban J connectivity index is 1.84. The van der Waals surface area contributed by atoms with E-state index in [1.165, 1.54) is 6.07 Å². The molecule has 1 N–H and O–H groups in total. The predicted octanol–water partition coefficient (Wildman–Crippen LogP) is 4.70. The highest BCUT2D eigenvalue weighted by Crippen LogP contribution is 2.26. The van der Waals surface area contributed by atoms with E-state index in [0.29, 0.717) is 22.3 Å². The van der Waals surface area contributed by atoms with Gasteiger partial charge in [0.2, 0.25) is 0 Å². The Morgan fingerprint density at radius 1 is 0.880 bits per heavy atom. The molecule has 3 nitrogen and oxygen atoms in total. The molecule has 0 saturated carbocycles. The van der Waals surface area contributed by atoms with Crippen molar-refractivity contribution in [3.63, 3.8) is 0 Å². The molecule has 1 heterocycles. The number of rotatable bonds is 2. The van der Waals surface area contributed by atoms with E-state index in [1.807, 2.05) is 48.5 Å². The highest BCUT2D eigenvalue weighted by molar-refractivity contribution is 5.80. The van der Waals surface area contributed by atoms with Gasteiger partial charge in [-0.1, -0.05) is 36.4 Å². The van der Waals surface area contributed by atoms with Gasteiger partial charge < -0.3 is 4.98 Å². The Labute approximate surface area is 143 Å². The van der Waals surface area contributed by atoms with E-state index in [0.717, 1.165) is 16.7 Å². The second-order valence-corrected chi connectivity index (χ2v) is 5.98. The van der Waals surface area contributed by atoms with E-state index in [9.17, 15) is 9.18 Å². The minimum Gasteiger partial charge on any atom is -0.306 e. The minimum absolute atomic E-state index is 0.163. The van der Waals surface area contributed by atoms with Gasteiger partial charge in [0.25, 0.3) is 5.56 Å². The summed E-state index contributed by atoms with van der Waals surface area (Å²) in [6.45, 7) is 1.74. The number of aromatic amines is 1. The standard InChI is InChI=1S/C21H15FN2O/c1-13-11-15(9-10-18(13)22)14-5-4-6-16(12-14)20-23-19-8-3-2-7-17(19)21(25)24-20/h2-12H,1H3,(H,23,24,25). The summed E-state index contributed by atoms with van der Waals surface area (Å²) in [5.41, 5.74) is 3.76. The Hall–Kier alpha value is -3.27. The second kappa shape index (κ2) is 5.98. The zero-order valence-corrected chi connectivity index (χ0v) is 13.6. The van der Waals surface area contributed by atoms with Gasteiger partial charge in [0.05, 0.1) is 10.9 Å². The predicted molar refractivity (Wildman–Crippen MR) is 97.9 cm³/mol. The number of benzene rings is 3. The van der Waals surface area contributed by atoms with Crippen LogP contribution in [-0.2, 0) is 0 Å². The summed E-state index contributed by atoms with van der Waals surface area (Å²) in [7, 11) is 0. The number of hydrogen-bond donors (Lipinski definition) is 1. The molecule has 0 amide bonds. The monoisotopic (exact) mass is 330 g/mol. The molecule has 1 aromatic heterocycles. The summed E-state index contributed by atoms with van der Waals surface area (Å²) in [5, 5.41) is 0.566. The Kier molecular flexibility index (Phi) is 3.65. The van der Waals surface area contributed by atoms with Crippen molar-refractivity contribution in [3.8, 4) is 22.5 Å². The molecule has 122 valence electrons. The van der Waals surface area contributed by atoms with Crippen LogP contribution in [0.1, 0.15) is 5.56 Å². The molecule has 0 radical (unpaired) electrons. The van der Waals surface area contributed by atoms with Crippen LogP contribution in [0.15, 0.2) is 71.5 Å². The molecule has 0 saturated heterocycles. The van der Waals surface area contributed by atoms with Crippen molar-refractivity contribution in [3.05, 3.63) is 88.5 Å². The number of fused-ring (bicyclic) bond motifs is 1. The van der Waals surface area contributed by atoms with Crippen LogP contribution in [0.25, 0.3) is 33.4 Å². The molecule has 0 aliphatic carbocycles. The highest BCUT2D eigenvalue weighted by Gasteiger charge is 2.08. The van der Waals surface area contributed by atoms with E-state index in [-0.39, 0.29) is 11.4 Å². The topological polar surface area (TPSA) is 45.8 Å². The van der Waals surface area contributed by atoms with Crippen LogP contribution in [0.5, 0.6) is 0 Å². The van der Waals surface area contributed by atoms with Crippen molar-refractivity contribution >= 4 is 10.9 Å². The van der Waals surface area contributed by atoms with Crippen molar-refractivity contribution in [2.75, 3.05) is 0 Å².